The van der Waals surface area contributed by atoms with E-state index in [4.69, 9.17) is 14.0 Å². The van der Waals surface area contributed by atoms with Gasteiger partial charge in [0, 0.05) is 35.0 Å². The predicted octanol–water partition coefficient (Wildman–Crippen LogP) is 3.37. The van der Waals surface area contributed by atoms with Gasteiger partial charge in [-0.25, -0.2) is 9.37 Å². The topological polar surface area (TPSA) is 53.5 Å². The monoisotopic (exact) mass is 370 g/mol. The van der Waals surface area contributed by atoms with Crippen molar-refractivity contribution in [2.75, 3.05) is 0 Å². The van der Waals surface area contributed by atoms with Crippen molar-refractivity contribution in [1.82, 2.24) is 9.97 Å². The fourth-order valence-electron chi connectivity index (χ4n) is 2.95. The minimum Gasteiger partial charge on any atom is -0.471 e. The summed E-state index contributed by atoms with van der Waals surface area (Å²) in [7, 11) is -0.648. The van der Waals surface area contributed by atoms with Gasteiger partial charge in [0.15, 0.2) is 5.82 Å². The van der Waals surface area contributed by atoms with Crippen LogP contribution in [0.4, 0.5) is 4.39 Å². The average Bonchev–Trinajstić information content (AvgIpc) is 3.42. The van der Waals surface area contributed by atoms with Crippen LogP contribution in [0.3, 0.4) is 0 Å². The molecule has 1 saturated heterocycles. The summed E-state index contributed by atoms with van der Waals surface area (Å²) in [5.74, 6) is 0.0351. The van der Waals surface area contributed by atoms with Crippen molar-refractivity contribution in [2.45, 2.75) is 64.3 Å². The van der Waals surface area contributed by atoms with Gasteiger partial charge >= 0.3 is 7.12 Å². The molecule has 0 atom stereocenters. The van der Waals surface area contributed by atoms with Crippen LogP contribution in [-0.4, -0.2) is 28.3 Å². The molecule has 4 rings (SSSR count). The summed E-state index contributed by atoms with van der Waals surface area (Å²) >= 11 is 0. The molecule has 0 radical (unpaired) electrons. The minimum absolute atomic E-state index is 0.0402. The van der Waals surface area contributed by atoms with Crippen LogP contribution in [0, 0.1) is 5.82 Å². The van der Waals surface area contributed by atoms with E-state index in [1.54, 1.807) is 6.20 Å². The summed E-state index contributed by atoms with van der Waals surface area (Å²) in [6, 6.07) is 5.34. The van der Waals surface area contributed by atoms with Crippen molar-refractivity contribution in [1.29, 1.82) is 0 Å². The van der Waals surface area contributed by atoms with Crippen molar-refractivity contribution >= 4 is 12.6 Å². The molecule has 1 aliphatic carbocycles. The zero-order chi connectivity index (χ0) is 19.2. The molecule has 3 heterocycles. The van der Waals surface area contributed by atoms with Crippen LogP contribution in [0.5, 0.6) is 5.88 Å². The van der Waals surface area contributed by atoms with Gasteiger partial charge in [-0.2, -0.15) is 0 Å². The van der Waals surface area contributed by atoms with E-state index in [1.807, 2.05) is 39.8 Å². The number of pyridine rings is 2. The molecule has 27 heavy (non-hydrogen) atoms. The lowest BCUT2D eigenvalue weighted by Crippen LogP contribution is -2.41. The minimum atomic E-state index is -0.648. The first-order valence-corrected chi connectivity index (χ1v) is 9.34. The Kier molecular flexibility index (Phi) is 4.47. The van der Waals surface area contributed by atoms with Crippen LogP contribution in [0.1, 0.15) is 57.7 Å². The van der Waals surface area contributed by atoms with Crippen molar-refractivity contribution in [2.24, 2.45) is 0 Å². The zero-order valence-corrected chi connectivity index (χ0v) is 16.2. The highest BCUT2D eigenvalue weighted by Gasteiger charge is 2.52. The molecule has 1 aliphatic heterocycles. The molecule has 2 aliphatic rings. The maximum atomic E-state index is 14.5. The lowest BCUT2D eigenvalue weighted by Gasteiger charge is -2.32. The molecule has 2 aromatic rings. The Bertz CT molecular complexity index is 822. The summed E-state index contributed by atoms with van der Waals surface area (Å²) < 4.78 is 31.8. The highest BCUT2D eigenvalue weighted by Crippen LogP contribution is 2.39. The molecule has 0 spiro atoms. The standard InChI is InChI=1S/C20H24BFN2O3/c1-19(2)20(3,4)27-21(26-19)15-9-16(22)18(24-11-15)25-12-13-5-8-17(23-10-13)14-6-7-14/h5,8-11,14H,6-7,12H2,1-4H3. The van der Waals surface area contributed by atoms with Crippen LogP contribution < -0.4 is 10.2 Å². The number of rotatable bonds is 5. The molecule has 142 valence electrons. The summed E-state index contributed by atoms with van der Waals surface area (Å²) in [5.41, 5.74) is 1.57. The number of hydrogen-bond acceptors (Lipinski definition) is 5. The van der Waals surface area contributed by atoms with Crippen LogP contribution in [-0.2, 0) is 15.9 Å². The van der Waals surface area contributed by atoms with Gasteiger partial charge in [-0.15, -0.1) is 0 Å². The van der Waals surface area contributed by atoms with Crippen LogP contribution >= 0.6 is 0 Å². The van der Waals surface area contributed by atoms with Crippen LogP contribution in [0.2, 0.25) is 0 Å². The highest BCUT2D eigenvalue weighted by atomic mass is 19.1. The summed E-state index contributed by atoms with van der Waals surface area (Å²) in [6.45, 7) is 8.04. The Morgan fingerprint density at radius 2 is 1.81 bits per heavy atom. The third kappa shape index (κ3) is 3.71. The van der Waals surface area contributed by atoms with Crippen molar-refractivity contribution in [3.8, 4) is 5.88 Å². The van der Waals surface area contributed by atoms with Gasteiger partial charge in [-0.3, -0.25) is 4.98 Å². The molecule has 1 saturated carbocycles. The van der Waals surface area contributed by atoms with Gasteiger partial charge in [-0.05, 0) is 52.7 Å². The van der Waals surface area contributed by atoms with E-state index in [-0.39, 0.29) is 12.5 Å². The Morgan fingerprint density at radius 1 is 1.11 bits per heavy atom. The molecule has 2 fully saturated rings. The molecule has 5 nitrogen and oxygen atoms in total. The lowest BCUT2D eigenvalue weighted by molar-refractivity contribution is 0.00578. The first kappa shape index (κ1) is 18.4. The summed E-state index contributed by atoms with van der Waals surface area (Å²) in [5, 5.41) is 0. The van der Waals surface area contributed by atoms with Crippen molar-refractivity contribution < 1.29 is 18.4 Å². The predicted molar refractivity (Wildman–Crippen MR) is 100 cm³/mol. The smallest absolute Gasteiger partial charge is 0.471 e. The molecule has 0 aromatic carbocycles. The Morgan fingerprint density at radius 3 is 2.37 bits per heavy atom. The first-order chi connectivity index (χ1) is 12.7. The summed E-state index contributed by atoms with van der Waals surface area (Å²) in [4.78, 5) is 8.55. The van der Waals surface area contributed by atoms with Crippen LogP contribution in [0.15, 0.2) is 30.6 Å². The van der Waals surface area contributed by atoms with E-state index < -0.39 is 24.1 Å². The molecule has 0 unspecified atom stereocenters. The molecule has 7 heteroatoms. The maximum Gasteiger partial charge on any atom is 0.496 e. The van der Waals surface area contributed by atoms with E-state index in [0.717, 1.165) is 11.3 Å². The highest BCUT2D eigenvalue weighted by molar-refractivity contribution is 6.62. The van der Waals surface area contributed by atoms with Gasteiger partial charge in [0.05, 0.1) is 11.2 Å². The Hall–Kier alpha value is -1.99. The average molecular weight is 370 g/mol. The van der Waals surface area contributed by atoms with Crippen LogP contribution in [0.25, 0.3) is 0 Å². The molecule has 0 amide bonds. The van der Waals surface area contributed by atoms with E-state index in [2.05, 4.69) is 9.97 Å². The van der Waals surface area contributed by atoms with Gasteiger partial charge in [0.1, 0.15) is 6.61 Å². The van der Waals surface area contributed by atoms with Gasteiger partial charge < -0.3 is 14.0 Å². The van der Waals surface area contributed by atoms with E-state index in [9.17, 15) is 4.39 Å². The lowest BCUT2D eigenvalue weighted by atomic mass is 9.80. The quantitative estimate of drug-likeness (QED) is 0.756. The second-order valence-electron chi connectivity index (χ2n) is 8.30. The van der Waals surface area contributed by atoms with Crippen molar-refractivity contribution in [3.63, 3.8) is 0 Å². The number of hydrogen-bond donors (Lipinski definition) is 0. The SMILES string of the molecule is CC1(C)OB(c2cnc(OCc3ccc(C4CC4)nc3)c(F)c2)OC1(C)C. The van der Waals surface area contributed by atoms with E-state index >= 15 is 0 Å². The second-order valence-corrected chi connectivity index (χ2v) is 8.30. The largest absolute Gasteiger partial charge is 0.496 e. The fourth-order valence-corrected chi connectivity index (χ4v) is 2.95. The molecule has 2 aromatic heterocycles. The molecular formula is C20H24BFN2O3. The van der Waals surface area contributed by atoms with Gasteiger partial charge in [0.2, 0.25) is 0 Å². The Balaban J connectivity index is 1.41. The zero-order valence-electron chi connectivity index (χ0n) is 16.2. The number of nitrogens with zero attached hydrogens (tertiary/aromatic N) is 2. The molecule has 0 N–H and O–H groups in total. The molecular weight excluding hydrogens is 346 g/mol. The third-order valence-electron chi connectivity index (χ3n) is 5.57. The number of ether oxygens (including phenoxy) is 1. The Labute approximate surface area is 159 Å². The maximum absolute atomic E-state index is 14.5. The third-order valence-corrected chi connectivity index (χ3v) is 5.57. The normalized spacial score (nSPS) is 20.7. The van der Waals surface area contributed by atoms with E-state index in [1.165, 1.54) is 25.1 Å². The fraction of sp³-hybridized carbons (Fsp3) is 0.500. The van der Waals surface area contributed by atoms with Gasteiger partial charge in [0.25, 0.3) is 5.88 Å². The first-order valence-electron chi connectivity index (χ1n) is 9.34. The van der Waals surface area contributed by atoms with Crippen molar-refractivity contribution in [3.05, 3.63) is 47.7 Å². The molecule has 0 bridgehead atoms. The number of halogens is 1. The van der Waals surface area contributed by atoms with E-state index in [0.29, 0.717) is 11.4 Å². The second kappa shape index (κ2) is 6.57. The number of aromatic nitrogens is 2. The summed E-state index contributed by atoms with van der Waals surface area (Å²) in [6.07, 6.45) is 5.75. The van der Waals surface area contributed by atoms with Gasteiger partial charge in [-0.1, -0.05) is 6.07 Å².